The van der Waals surface area contributed by atoms with E-state index in [0.717, 1.165) is 9.98 Å². The molecule has 3 nitrogen and oxygen atoms in total. The third-order valence-corrected chi connectivity index (χ3v) is 9.56. The van der Waals surface area contributed by atoms with E-state index >= 15 is 0 Å². The first-order valence-corrected chi connectivity index (χ1v) is 15.3. The van der Waals surface area contributed by atoms with Crippen molar-refractivity contribution in [1.82, 2.24) is 9.80 Å². The second kappa shape index (κ2) is 13.7. The van der Waals surface area contributed by atoms with Gasteiger partial charge in [-0.25, -0.2) is 0 Å². The minimum absolute atomic E-state index is 0.575. The van der Waals surface area contributed by atoms with Crippen LogP contribution >= 0.6 is 24.4 Å². The van der Waals surface area contributed by atoms with Gasteiger partial charge >= 0.3 is 0 Å². The summed E-state index contributed by atoms with van der Waals surface area (Å²) in [5, 5.41) is 0. The molecule has 0 heterocycles. The predicted octanol–water partition coefficient (Wildman–Crippen LogP) is 7.59. The van der Waals surface area contributed by atoms with Gasteiger partial charge in [0, 0.05) is 24.2 Å². The molecule has 0 saturated heterocycles. The van der Waals surface area contributed by atoms with Crippen molar-refractivity contribution >= 4 is 34.4 Å². The Morgan fingerprint density at radius 2 is 0.697 bits per heavy atom. The summed E-state index contributed by atoms with van der Waals surface area (Å²) in [6.07, 6.45) is 27.0. The number of ether oxygens (including phenoxy) is 1. The van der Waals surface area contributed by atoms with E-state index in [1.807, 2.05) is 0 Å². The van der Waals surface area contributed by atoms with Gasteiger partial charge in [-0.2, -0.15) is 0 Å². The Morgan fingerprint density at radius 3 is 0.939 bits per heavy atom. The predicted molar refractivity (Wildman–Crippen MR) is 147 cm³/mol. The fourth-order valence-electron chi connectivity index (χ4n) is 7.22. The summed E-state index contributed by atoms with van der Waals surface area (Å²) in [5.41, 5.74) is 0. The molecule has 4 aliphatic rings. The maximum absolute atomic E-state index is 6.32. The van der Waals surface area contributed by atoms with Crippen LogP contribution in [0.25, 0.3) is 0 Å². The van der Waals surface area contributed by atoms with Crippen LogP contribution in [-0.4, -0.2) is 57.2 Å². The zero-order valence-electron chi connectivity index (χ0n) is 21.0. The maximum atomic E-state index is 6.32. The van der Waals surface area contributed by atoms with E-state index in [-0.39, 0.29) is 0 Å². The Labute approximate surface area is 214 Å². The minimum Gasteiger partial charge on any atom is -0.367 e. The average molecular weight is 493 g/mol. The minimum atomic E-state index is 0.575. The molecule has 0 radical (unpaired) electrons. The van der Waals surface area contributed by atoms with Gasteiger partial charge in [-0.1, -0.05) is 101 Å². The summed E-state index contributed by atoms with van der Waals surface area (Å²) >= 11 is 12.1. The SMILES string of the molecule is S=C(COCC(=S)N(C1CCCCC1)C1CCCCC1)N(C1CCCCC1)C1CCCCC1. The molecule has 5 heteroatoms. The number of rotatable bonds is 8. The molecule has 4 rings (SSSR count). The Bertz CT molecular complexity index is 515. The monoisotopic (exact) mass is 492 g/mol. The van der Waals surface area contributed by atoms with Crippen molar-refractivity contribution in [2.45, 2.75) is 153 Å². The molecule has 0 spiro atoms. The quantitative estimate of drug-likeness (QED) is 0.323. The summed E-state index contributed by atoms with van der Waals surface area (Å²) in [6.45, 7) is 1.15. The third kappa shape index (κ3) is 7.36. The van der Waals surface area contributed by atoms with E-state index in [9.17, 15) is 0 Å². The van der Waals surface area contributed by atoms with Crippen molar-refractivity contribution in [3.8, 4) is 0 Å². The molecule has 4 aliphatic carbocycles. The highest BCUT2D eigenvalue weighted by Crippen LogP contribution is 2.32. The van der Waals surface area contributed by atoms with E-state index in [1.54, 1.807) is 0 Å². The summed E-state index contributed by atoms with van der Waals surface area (Å²) in [6, 6.07) is 2.58. The molecule has 4 saturated carbocycles. The van der Waals surface area contributed by atoms with E-state index in [4.69, 9.17) is 29.2 Å². The van der Waals surface area contributed by atoms with E-state index in [1.165, 1.54) is 128 Å². The topological polar surface area (TPSA) is 15.7 Å². The normalized spacial score (nSPS) is 24.5. The molecule has 0 aromatic carbocycles. The number of nitrogens with zero attached hydrogens (tertiary/aromatic N) is 2. The van der Waals surface area contributed by atoms with Crippen LogP contribution in [0.15, 0.2) is 0 Å². The summed E-state index contributed by atoms with van der Waals surface area (Å²) in [4.78, 5) is 7.41. The average Bonchev–Trinajstić information content (AvgIpc) is 2.87. The van der Waals surface area contributed by atoms with Crippen molar-refractivity contribution in [1.29, 1.82) is 0 Å². The molecule has 0 aromatic rings. The van der Waals surface area contributed by atoms with Crippen molar-refractivity contribution in [3.63, 3.8) is 0 Å². The van der Waals surface area contributed by atoms with Gasteiger partial charge in [0.25, 0.3) is 0 Å². The molecule has 0 bridgehead atoms. The van der Waals surface area contributed by atoms with Gasteiger partial charge in [-0.15, -0.1) is 0 Å². The van der Waals surface area contributed by atoms with Crippen LogP contribution in [0.4, 0.5) is 0 Å². The molecule has 0 unspecified atom stereocenters. The molecule has 0 aliphatic heterocycles. The number of hydrogen-bond donors (Lipinski definition) is 0. The smallest absolute Gasteiger partial charge is 0.105 e. The summed E-state index contributed by atoms with van der Waals surface area (Å²) in [7, 11) is 0. The van der Waals surface area contributed by atoms with Crippen LogP contribution in [0.3, 0.4) is 0 Å². The Kier molecular flexibility index (Phi) is 10.7. The lowest BCUT2D eigenvalue weighted by atomic mass is 9.88. The van der Waals surface area contributed by atoms with Crippen LogP contribution in [0, 0.1) is 0 Å². The standard InChI is InChI=1S/C28H48N2OS2/c32-27(29(23-13-5-1-6-14-23)24-15-7-2-8-16-24)21-31-22-28(33)30(25-17-9-3-10-18-25)26-19-11-4-12-20-26/h23-26H,1-22H2. The van der Waals surface area contributed by atoms with Gasteiger partial charge in [-0.3, -0.25) is 0 Å². The van der Waals surface area contributed by atoms with Gasteiger partial charge in [0.1, 0.15) is 9.98 Å². The fraction of sp³-hybridized carbons (Fsp3) is 0.929. The number of hydrogen-bond acceptors (Lipinski definition) is 3. The molecule has 188 valence electrons. The van der Waals surface area contributed by atoms with Crippen LogP contribution in [0.1, 0.15) is 128 Å². The first kappa shape index (κ1) is 25.8. The van der Waals surface area contributed by atoms with Crippen molar-refractivity contribution in [2.24, 2.45) is 0 Å². The van der Waals surface area contributed by atoms with Gasteiger partial charge in [-0.05, 0) is 51.4 Å². The summed E-state index contributed by atoms with van der Waals surface area (Å²) in [5.74, 6) is 0. The molecule has 33 heavy (non-hydrogen) atoms. The first-order chi connectivity index (χ1) is 16.2. The van der Waals surface area contributed by atoms with Crippen molar-refractivity contribution in [2.75, 3.05) is 13.2 Å². The molecule has 4 fully saturated rings. The molecule has 0 aromatic heterocycles. The Balaban J connectivity index is 1.33. The van der Waals surface area contributed by atoms with Crippen molar-refractivity contribution in [3.05, 3.63) is 0 Å². The Morgan fingerprint density at radius 1 is 0.455 bits per heavy atom. The van der Waals surface area contributed by atoms with Crippen LogP contribution in [-0.2, 0) is 4.74 Å². The largest absolute Gasteiger partial charge is 0.367 e. The van der Waals surface area contributed by atoms with E-state index in [0.29, 0.717) is 37.4 Å². The fourth-order valence-corrected chi connectivity index (χ4v) is 7.99. The second-order valence-electron chi connectivity index (χ2n) is 11.3. The third-order valence-electron chi connectivity index (χ3n) is 8.90. The lowest BCUT2D eigenvalue weighted by molar-refractivity contribution is 0.125. The van der Waals surface area contributed by atoms with Gasteiger partial charge in [0.05, 0.1) is 13.2 Å². The highest BCUT2D eigenvalue weighted by Gasteiger charge is 2.32. The van der Waals surface area contributed by atoms with Gasteiger partial charge in [0.15, 0.2) is 0 Å². The summed E-state index contributed by atoms with van der Waals surface area (Å²) < 4.78 is 6.32. The van der Waals surface area contributed by atoms with Crippen LogP contribution in [0.2, 0.25) is 0 Å². The van der Waals surface area contributed by atoms with Gasteiger partial charge in [0.2, 0.25) is 0 Å². The highest BCUT2D eigenvalue weighted by atomic mass is 32.1. The first-order valence-electron chi connectivity index (χ1n) is 14.4. The molecule has 0 amide bonds. The second-order valence-corrected chi connectivity index (χ2v) is 12.2. The number of thiocarbonyl (C=S) groups is 2. The Hall–Kier alpha value is -0.260. The highest BCUT2D eigenvalue weighted by molar-refractivity contribution is 7.80. The van der Waals surface area contributed by atoms with Crippen LogP contribution < -0.4 is 0 Å². The molecule has 0 atom stereocenters. The van der Waals surface area contributed by atoms with Crippen LogP contribution in [0.5, 0.6) is 0 Å². The lowest BCUT2D eigenvalue weighted by Gasteiger charge is -2.44. The van der Waals surface area contributed by atoms with E-state index in [2.05, 4.69) is 9.80 Å². The lowest BCUT2D eigenvalue weighted by Crippen LogP contribution is -2.51. The van der Waals surface area contributed by atoms with E-state index < -0.39 is 0 Å². The van der Waals surface area contributed by atoms with Crippen molar-refractivity contribution < 1.29 is 4.74 Å². The zero-order chi connectivity index (χ0) is 22.9. The van der Waals surface area contributed by atoms with Gasteiger partial charge < -0.3 is 14.5 Å². The molecular formula is C28H48N2OS2. The maximum Gasteiger partial charge on any atom is 0.105 e. The molecule has 0 N–H and O–H groups in total. The molecular weight excluding hydrogens is 444 g/mol. The zero-order valence-corrected chi connectivity index (χ0v) is 22.6.